The number of nitrogens with two attached hydrogens (primary N) is 1. The summed E-state index contributed by atoms with van der Waals surface area (Å²) < 4.78 is 0. The van der Waals surface area contributed by atoms with Crippen LogP contribution < -0.4 is 11.1 Å². The van der Waals surface area contributed by atoms with Gasteiger partial charge in [-0.05, 0) is 35.7 Å². The maximum absolute atomic E-state index is 13.0. The van der Waals surface area contributed by atoms with Gasteiger partial charge in [0.15, 0.2) is 0 Å². The van der Waals surface area contributed by atoms with E-state index in [0.29, 0.717) is 23.1 Å². The Balaban J connectivity index is 1.72. The predicted octanol–water partition coefficient (Wildman–Crippen LogP) is 2.87. The molecule has 1 aromatic carbocycles. The Kier molecular flexibility index (Phi) is 7.53. The molecule has 3 N–H and O–H groups in total. The Bertz CT molecular complexity index is 896. The summed E-state index contributed by atoms with van der Waals surface area (Å²) in [5.74, 6) is -0.0340. The number of benzene rings is 1. The molecule has 1 aliphatic rings. The molecule has 9 heteroatoms. The molecular weight excluding hydrogens is 425 g/mol. The summed E-state index contributed by atoms with van der Waals surface area (Å²) in [6.07, 6.45) is 4.53. The van der Waals surface area contributed by atoms with Crippen molar-refractivity contribution < 1.29 is 9.59 Å². The third-order valence-electron chi connectivity index (χ3n) is 5.32. The van der Waals surface area contributed by atoms with Crippen molar-refractivity contribution in [1.29, 1.82) is 0 Å². The minimum Gasteiger partial charge on any atom is -0.352 e. The molecule has 3 rings (SSSR count). The number of nitrogens with zero attached hydrogens (tertiary/aromatic N) is 3. The number of nitrogens with one attached hydrogen (secondary N) is 1. The Morgan fingerprint density at radius 1 is 1.33 bits per heavy atom. The molecule has 1 fully saturated rings. The summed E-state index contributed by atoms with van der Waals surface area (Å²) in [5.41, 5.74) is 7.00. The van der Waals surface area contributed by atoms with Gasteiger partial charge in [-0.15, -0.1) is 0 Å². The molecule has 0 spiro atoms. The Morgan fingerprint density at radius 2 is 2.13 bits per heavy atom. The standard InChI is InChI=1S/C21H25Cl2N5O2/c1-27(20(29)10-14-4-5-17(22)18(23)9-14)19(15-3-2-7-25-11-15)13-28-8-6-16(12-28)26-21(24)30/h2-5,7,9,11,16,19H,6,8,10,12-13H2,1H3,(H3,24,26,30). The molecule has 7 nitrogen and oxygen atoms in total. The van der Waals surface area contributed by atoms with E-state index in [9.17, 15) is 9.59 Å². The molecular formula is C21H25Cl2N5O2. The molecule has 30 heavy (non-hydrogen) atoms. The van der Waals surface area contributed by atoms with E-state index in [4.69, 9.17) is 28.9 Å². The number of urea groups is 1. The van der Waals surface area contributed by atoms with E-state index in [1.807, 2.05) is 12.1 Å². The third kappa shape index (κ3) is 5.84. The lowest BCUT2D eigenvalue weighted by atomic mass is 10.1. The van der Waals surface area contributed by atoms with Gasteiger partial charge in [0.25, 0.3) is 0 Å². The van der Waals surface area contributed by atoms with Crippen molar-refractivity contribution in [2.75, 3.05) is 26.7 Å². The first-order valence-electron chi connectivity index (χ1n) is 9.71. The SMILES string of the molecule is CN(C(=O)Cc1ccc(Cl)c(Cl)c1)C(CN1CCC(NC(N)=O)C1)c1cccnc1. The fourth-order valence-electron chi connectivity index (χ4n) is 3.71. The molecule has 160 valence electrons. The van der Waals surface area contributed by atoms with Crippen molar-refractivity contribution in [2.24, 2.45) is 5.73 Å². The lowest BCUT2D eigenvalue weighted by molar-refractivity contribution is -0.131. The Morgan fingerprint density at radius 3 is 2.80 bits per heavy atom. The van der Waals surface area contributed by atoms with Gasteiger partial charge in [-0.1, -0.05) is 35.3 Å². The molecule has 1 saturated heterocycles. The van der Waals surface area contributed by atoms with Crippen molar-refractivity contribution in [3.8, 4) is 0 Å². The molecule has 2 atom stereocenters. The highest BCUT2D eigenvalue weighted by molar-refractivity contribution is 6.42. The highest BCUT2D eigenvalue weighted by Crippen LogP contribution is 2.25. The molecule has 2 heterocycles. The van der Waals surface area contributed by atoms with Gasteiger partial charge >= 0.3 is 6.03 Å². The highest BCUT2D eigenvalue weighted by Gasteiger charge is 2.29. The highest BCUT2D eigenvalue weighted by atomic mass is 35.5. The molecule has 0 bridgehead atoms. The summed E-state index contributed by atoms with van der Waals surface area (Å²) >= 11 is 12.1. The fourth-order valence-corrected chi connectivity index (χ4v) is 4.03. The summed E-state index contributed by atoms with van der Waals surface area (Å²) in [4.78, 5) is 32.4. The first kappa shape index (κ1) is 22.3. The second-order valence-corrected chi connectivity index (χ2v) is 8.30. The Hall–Kier alpha value is -2.35. The van der Waals surface area contributed by atoms with E-state index in [0.717, 1.165) is 24.1 Å². The van der Waals surface area contributed by atoms with E-state index < -0.39 is 6.03 Å². The minimum atomic E-state index is -0.514. The zero-order chi connectivity index (χ0) is 21.7. The average Bonchev–Trinajstić information content (AvgIpc) is 3.15. The molecule has 0 saturated carbocycles. The average molecular weight is 450 g/mol. The minimum absolute atomic E-state index is 0.0225. The molecule has 1 aromatic heterocycles. The quantitative estimate of drug-likeness (QED) is 0.679. The van der Waals surface area contributed by atoms with Crippen LogP contribution in [-0.4, -0.2) is 59.4 Å². The van der Waals surface area contributed by atoms with Gasteiger partial charge in [-0.3, -0.25) is 14.7 Å². The van der Waals surface area contributed by atoms with E-state index in [1.54, 1.807) is 42.5 Å². The molecule has 2 aromatic rings. The first-order valence-corrected chi connectivity index (χ1v) is 10.5. The number of likely N-dealkylation sites (tertiary alicyclic amines) is 1. The number of hydrogen-bond donors (Lipinski definition) is 2. The van der Waals surface area contributed by atoms with Gasteiger partial charge in [0.05, 0.1) is 22.5 Å². The van der Waals surface area contributed by atoms with Crippen LogP contribution in [0.15, 0.2) is 42.7 Å². The van der Waals surface area contributed by atoms with E-state index in [-0.39, 0.29) is 24.4 Å². The van der Waals surface area contributed by atoms with Crippen LogP contribution in [0, 0.1) is 0 Å². The van der Waals surface area contributed by atoms with Crippen LogP contribution in [0.1, 0.15) is 23.6 Å². The zero-order valence-corrected chi connectivity index (χ0v) is 18.2. The van der Waals surface area contributed by atoms with Crippen molar-refractivity contribution in [2.45, 2.75) is 24.9 Å². The molecule has 1 aliphatic heterocycles. The van der Waals surface area contributed by atoms with E-state index in [2.05, 4.69) is 15.2 Å². The number of carbonyl (C=O) groups is 2. The van der Waals surface area contributed by atoms with Crippen molar-refractivity contribution in [3.63, 3.8) is 0 Å². The first-order chi connectivity index (χ1) is 14.3. The second kappa shape index (κ2) is 10.1. The maximum Gasteiger partial charge on any atom is 0.312 e. The van der Waals surface area contributed by atoms with Gasteiger partial charge < -0.3 is 16.0 Å². The normalized spacial score (nSPS) is 17.5. The molecule has 3 amide bonds. The van der Waals surface area contributed by atoms with E-state index >= 15 is 0 Å². The van der Waals surface area contributed by atoms with Crippen LogP contribution in [0.2, 0.25) is 10.0 Å². The number of likely N-dealkylation sites (N-methyl/N-ethyl adjacent to an activating group) is 1. The number of pyridine rings is 1. The number of carbonyl (C=O) groups excluding carboxylic acids is 2. The topological polar surface area (TPSA) is 91.6 Å². The monoisotopic (exact) mass is 449 g/mol. The van der Waals surface area contributed by atoms with E-state index in [1.165, 1.54) is 0 Å². The zero-order valence-electron chi connectivity index (χ0n) is 16.7. The largest absolute Gasteiger partial charge is 0.352 e. The van der Waals surface area contributed by atoms with Gasteiger partial charge in [0.1, 0.15) is 0 Å². The second-order valence-electron chi connectivity index (χ2n) is 7.49. The third-order valence-corrected chi connectivity index (χ3v) is 6.06. The van der Waals surface area contributed by atoms with Gasteiger partial charge in [0.2, 0.25) is 5.91 Å². The lowest BCUT2D eigenvalue weighted by Crippen LogP contribution is -2.42. The van der Waals surface area contributed by atoms with Crippen LogP contribution in [0.4, 0.5) is 4.79 Å². The number of halogens is 2. The van der Waals surface area contributed by atoms with Crippen LogP contribution in [0.3, 0.4) is 0 Å². The smallest absolute Gasteiger partial charge is 0.312 e. The van der Waals surface area contributed by atoms with Gasteiger partial charge in [-0.25, -0.2) is 4.79 Å². The number of hydrogen-bond acceptors (Lipinski definition) is 4. The molecule has 0 radical (unpaired) electrons. The molecule has 2 unspecified atom stereocenters. The maximum atomic E-state index is 13.0. The van der Waals surface area contributed by atoms with Crippen molar-refractivity contribution >= 4 is 35.1 Å². The number of primary amides is 1. The van der Waals surface area contributed by atoms with Crippen LogP contribution >= 0.6 is 23.2 Å². The Labute approximate surface area is 186 Å². The number of amides is 3. The van der Waals surface area contributed by atoms with Crippen molar-refractivity contribution in [3.05, 3.63) is 63.9 Å². The predicted molar refractivity (Wildman–Crippen MR) is 117 cm³/mol. The molecule has 0 aliphatic carbocycles. The van der Waals surface area contributed by atoms with Crippen LogP contribution in [-0.2, 0) is 11.2 Å². The lowest BCUT2D eigenvalue weighted by Gasteiger charge is -2.32. The summed E-state index contributed by atoms with van der Waals surface area (Å²) in [5, 5.41) is 3.65. The van der Waals surface area contributed by atoms with Crippen LogP contribution in [0.5, 0.6) is 0 Å². The van der Waals surface area contributed by atoms with Gasteiger partial charge in [0, 0.05) is 45.1 Å². The number of rotatable bonds is 7. The van der Waals surface area contributed by atoms with Crippen LogP contribution in [0.25, 0.3) is 0 Å². The number of aromatic nitrogens is 1. The van der Waals surface area contributed by atoms with Crippen molar-refractivity contribution in [1.82, 2.24) is 20.1 Å². The fraction of sp³-hybridized carbons (Fsp3) is 0.381. The summed E-state index contributed by atoms with van der Waals surface area (Å²) in [6.45, 7) is 2.14. The van der Waals surface area contributed by atoms with Gasteiger partial charge in [-0.2, -0.15) is 0 Å². The summed E-state index contributed by atoms with van der Waals surface area (Å²) in [7, 11) is 1.80. The summed E-state index contributed by atoms with van der Waals surface area (Å²) in [6, 6.07) is 8.38.